The van der Waals surface area contributed by atoms with Gasteiger partial charge in [0, 0.05) is 12.0 Å². The summed E-state index contributed by atoms with van der Waals surface area (Å²) in [6.45, 7) is 0. The van der Waals surface area contributed by atoms with E-state index in [2.05, 4.69) is 35.5 Å². The van der Waals surface area contributed by atoms with Gasteiger partial charge in [0.25, 0.3) is 0 Å². The lowest BCUT2D eigenvalue weighted by atomic mass is 9.82. The molecule has 0 aromatic heterocycles. The van der Waals surface area contributed by atoms with E-state index in [0.717, 1.165) is 24.1 Å². The van der Waals surface area contributed by atoms with Crippen LogP contribution in [0.2, 0.25) is 0 Å². The van der Waals surface area contributed by atoms with Gasteiger partial charge in [-0.05, 0) is 40.7 Å². The second-order valence-electron chi connectivity index (χ2n) is 5.03. The van der Waals surface area contributed by atoms with E-state index in [1.165, 1.54) is 28.3 Å². The second kappa shape index (κ2) is 3.10. The Morgan fingerprint density at radius 2 is 2.12 bits per heavy atom. The molecule has 0 spiro atoms. The SMILES string of the molecule is O/N=C1/CC2CCc3cccc4ccc1c2c34. The van der Waals surface area contributed by atoms with Gasteiger partial charge in [-0.2, -0.15) is 0 Å². The quantitative estimate of drug-likeness (QED) is 0.538. The lowest BCUT2D eigenvalue weighted by molar-refractivity contribution is 0.318. The Balaban J connectivity index is 2.18. The largest absolute Gasteiger partial charge is 0.411 e. The second-order valence-corrected chi connectivity index (χ2v) is 5.03. The van der Waals surface area contributed by atoms with Crippen LogP contribution in [0.3, 0.4) is 0 Å². The molecule has 0 fully saturated rings. The Morgan fingerprint density at radius 1 is 1.18 bits per heavy atom. The molecule has 0 saturated carbocycles. The standard InChI is InChI=1S/C15H13NO/c17-16-13-8-11-5-4-9-2-1-3-10-6-7-12(13)15(11)14(9)10/h1-3,6-7,11,17H,4-5,8H2/b16-13-. The van der Waals surface area contributed by atoms with E-state index in [-0.39, 0.29) is 0 Å². The van der Waals surface area contributed by atoms with E-state index in [1.807, 2.05) is 0 Å². The predicted molar refractivity (Wildman–Crippen MR) is 68.0 cm³/mol. The Hall–Kier alpha value is -1.83. The van der Waals surface area contributed by atoms with Crippen molar-refractivity contribution in [3.05, 3.63) is 47.0 Å². The van der Waals surface area contributed by atoms with Crippen molar-refractivity contribution in [2.75, 3.05) is 0 Å². The van der Waals surface area contributed by atoms with E-state index in [0.29, 0.717) is 5.92 Å². The van der Waals surface area contributed by atoms with Gasteiger partial charge in [-0.15, -0.1) is 0 Å². The molecule has 0 amide bonds. The minimum atomic E-state index is 0.564. The van der Waals surface area contributed by atoms with Crippen LogP contribution in [0.5, 0.6) is 0 Å². The van der Waals surface area contributed by atoms with Gasteiger partial charge in [0.05, 0.1) is 5.71 Å². The number of nitrogens with zero attached hydrogens (tertiary/aromatic N) is 1. The first-order valence-electron chi connectivity index (χ1n) is 6.14. The number of hydrogen-bond donors (Lipinski definition) is 1. The molecule has 17 heavy (non-hydrogen) atoms. The highest BCUT2D eigenvalue weighted by molar-refractivity contribution is 6.10. The first-order chi connectivity index (χ1) is 8.38. The monoisotopic (exact) mass is 223 g/mol. The zero-order chi connectivity index (χ0) is 11.4. The summed E-state index contributed by atoms with van der Waals surface area (Å²) in [4.78, 5) is 0. The average molecular weight is 223 g/mol. The molecular weight excluding hydrogens is 210 g/mol. The van der Waals surface area contributed by atoms with Crippen LogP contribution in [0.15, 0.2) is 35.5 Å². The molecular formula is C15H13NO. The summed E-state index contributed by atoms with van der Waals surface area (Å²) in [6.07, 6.45) is 3.23. The van der Waals surface area contributed by atoms with Crippen molar-refractivity contribution in [1.82, 2.24) is 0 Å². The molecule has 2 nitrogen and oxygen atoms in total. The van der Waals surface area contributed by atoms with E-state index < -0.39 is 0 Å². The first-order valence-corrected chi connectivity index (χ1v) is 6.14. The summed E-state index contributed by atoms with van der Waals surface area (Å²) in [6, 6.07) is 10.8. The zero-order valence-electron chi connectivity index (χ0n) is 9.48. The van der Waals surface area contributed by atoms with Gasteiger partial charge in [0.2, 0.25) is 0 Å². The van der Waals surface area contributed by atoms with Crippen LogP contribution < -0.4 is 0 Å². The van der Waals surface area contributed by atoms with Crippen molar-refractivity contribution < 1.29 is 5.21 Å². The molecule has 1 N–H and O–H groups in total. The fraction of sp³-hybridized carbons (Fsp3) is 0.267. The van der Waals surface area contributed by atoms with Crippen molar-refractivity contribution >= 4 is 16.5 Å². The van der Waals surface area contributed by atoms with Crippen molar-refractivity contribution in [3.63, 3.8) is 0 Å². The van der Waals surface area contributed by atoms with Gasteiger partial charge in [-0.3, -0.25) is 0 Å². The van der Waals surface area contributed by atoms with Crippen molar-refractivity contribution in [2.45, 2.75) is 25.2 Å². The highest BCUT2D eigenvalue weighted by Crippen LogP contribution is 2.45. The average Bonchev–Trinajstić information content (AvgIpc) is 2.76. The van der Waals surface area contributed by atoms with Crippen LogP contribution in [0.25, 0.3) is 10.8 Å². The molecule has 0 bridgehead atoms. The minimum Gasteiger partial charge on any atom is -0.411 e. The third-order valence-corrected chi connectivity index (χ3v) is 4.21. The van der Waals surface area contributed by atoms with Gasteiger partial charge in [0.1, 0.15) is 0 Å². The summed E-state index contributed by atoms with van der Waals surface area (Å²) in [7, 11) is 0. The fourth-order valence-corrected chi connectivity index (χ4v) is 3.49. The molecule has 0 saturated heterocycles. The normalized spacial score (nSPS) is 23.5. The van der Waals surface area contributed by atoms with E-state index >= 15 is 0 Å². The Morgan fingerprint density at radius 3 is 3.00 bits per heavy atom. The van der Waals surface area contributed by atoms with Crippen molar-refractivity contribution in [2.24, 2.45) is 5.16 Å². The summed E-state index contributed by atoms with van der Waals surface area (Å²) < 4.78 is 0. The molecule has 4 rings (SSSR count). The molecule has 84 valence electrons. The maximum Gasteiger partial charge on any atom is 0.0876 e. The van der Waals surface area contributed by atoms with Gasteiger partial charge >= 0.3 is 0 Å². The van der Waals surface area contributed by atoms with Gasteiger partial charge in [-0.25, -0.2) is 0 Å². The fourth-order valence-electron chi connectivity index (χ4n) is 3.49. The van der Waals surface area contributed by atoms with Gasteiger partial charge in [0.15, 0.2) is 0 Å². The lowest BCUT2D eigenvalue weighted by Crippen LogP contribution is -2.05. The smallest absolute Gasteiger partial charge is 0.0876 e. The Kier molecular flexibility index (Phi) is 1.68. The molecule has 1 atom stereocenters. The van der Waals surface area contributed by atoms with E-state index in [9.17, 15) is 0 Å². The maximum atomic E-state index is 9.10. The third kappa shape index (κ3) is 1.08. The zero-order valence-corrected chi connectivity index (χ0v) is 9.48. The number of benzene rings is 2. The van der Waals surface area contributed by atoms with Crippen LogP contribution in [-0.4, -0.2) is 10.9 Å². The Bertz CT molecular complexity index is 657. The molecule has 0 heterocycles. The highest BCUT2D eigenvalue weighted by Gasteiger charge is 2.32. The van der Waals surface area contributed by atoms with E-state index in [1.54, 1.807) is 0 Å². The number of aryl methyl sites for hydroxylation is 1. The number of hydrogen-bond acceptors (Lipinski definition) is 2. The minimum absolute atomic E-state index is 0.564. The van der Waals surface area contributed by atoms with Crippen LogP contribution >= 0.6 is 0 Å². The molecule has 2 aliphatic rings. The lowest BCUT2D eigenvalue weighted by Gasteiger charge is -2.21. The number of rotatable bonds is 0. The van der Waals surface area contributed by atoms with Gasteiger partial charge in [-0.1, -0.05) is 35.5 Å². The van der Waals surface area contributed by atoms with Crippen LogP contribution in [0, 0.1) is 0 Å². The predicted octanol–water partition coefficient (Wildman–Crippen LogP) is 3.45. The summed E-state index contributed by atoms with van der Waals surface area (Å²) >= 11 is 0. The molecule has 2 aromatic carbocycles. The molecule has 2 heteroatoms. The molecule has 2 aromatic rings. The molecule has 2 aliphatic carbocycles. The molecule has 0 aliphatic heterocycles. The first kappa shape index (κ1) is 9.23. The summed E-state index contributed by atoms with van der Waals surface area (Å²) in [5, 5.41) is 15.3. The van der Waals surface area contributed by atoms with Crippen LogP contribution in [-0.2, 0) is 6.42 Å². The third-order valence-electron chi connectivity index (χ3n) is 4.21. The number of oxime groups is 1. The summed E-state index contributed by atoms with van der Waals surface area (Å²) in [5.74, 6) is 0.564. The van der Waals surface area contributed by atoms with Crippen molar-refractivity contribution in [1.29, 1.82) is 0 Å². The molecule has 1 unspecified atom stereocenters. The molecule has 0 radical (unpaired) electrons. The van der Waals surface area contributed by atoms with Crippen LogP contribution in [0.4, 0.5) is 0 Å². The highest BCUT2D eigenvalue weighted by atomic mass is 16.4. The summed E-state index contributed by atoms with van der Waals surface area (Å²) in [5.41, 5.74) is 4.91. The van der Waals surface area contributed by atoms with E-state index in [4.69, 9.17) is 5.21 Å². The Labute approximate surface area is 99.6 Å². The van der Waals surface area contributed by atoms with Crippen molar-refractivity contribution in [3.8, 4) is 0 Å². The topological polar surface area (TPSA) is 32.6 Å². The van der Waals surface area contributed by atoms with Crippen LogP contribution in [0.1, 0.15) is 35.4 Å². The van der Waals surface area contributed by atoms with Gasteiger partial charge < -0.3 is 5.21 Å². The maximum absolute atomic E-state index is 9.10.